The molecule has 0 N–H and O–H groups in total. The van der Waals surface area contributed by atoms with Gasteiger partial charge < -0.3 is 4.90 Å². The minimum absolute atomic E-state index is 0.745. The minimum atomic E-state index is 0.745. The summed E-state index contributed by atoms with van der Waals surface area (Å²) in [6.07, 6.45) is 2.39. The van der Waals surface area contributed by atoms with Crippen LogP contribution in [-0.2, 0) is 6.42 Å². The predicted octanol–water partition coefficient (Wildman–Crippen LogP) is 2.58. The van der Waals surface area contributed by atoms with Crippen LogP contribution in [0.3, 0.4) is 0 Å². The number of hydrogen-bond donors (Lipinski definition) is 1. The first-order valence-electron chi connectivity index (χ1n) is 5.68. The smallest absolute Gasteiger partial charge is 0.00477 e. The van der Waals surface area contributed by atoms with Crippen molar-refractivity contribution in [2.45, 2.75) is 18.8 Å². The Balaban J connectivity index is 2.10. The summed E-state index contributed by atoms with van der Waals surface area (Å²) in [5, 5.41) is 0. The molecule has 0 radical (unpaired) electrons. The molecule has 1 aromatic rings. The average Bonchev–Trinajstić information content (AvgIpc) is 2.66. The first kappa shape index (κ1) is 11.0. The molecule has 1 aliphatic heterocycles. The molecule has 1 saturated heterocycles. The van der Waals surface area contributed by atoms with Crippen LogP contribution in [0.2, 0.25) is 0 Å². The van der Waals surface area contributed by atoms with Gasteiger partial charge in [-0.15, -0.1) is 0 Å². The van der Waals surface area contributed by atoms with Crippen molar-refractivity contribution in [3.05, 3.63) is 35.4 Å². The molecule has 82 valence electrons. The number of likely N-dealkylation sites (tertiary alicyclic amines) is 1. The van der Waals surface area contributed by atoms with Crippen molar-refractivity contribution in [1.29, 1.82) is 0 Å². The van der Waals surface area contributed by atoms with E-state index in [-0.39, 0.29) is 0 Å². The Morgan fingerprint density at radius 3 is 3.00 bits per heavy atom. The SMILES string of the molecule is CN1CCC(c2cccc(CCS)c2)C1. The highest BCUT2D eigenvalue weighted by Crippen LogP contribution is 2.26. The Labute approximate surface area is 97.9 Å². The van der Waals surface area contributed by atoms with E-state index in [9.17, 15) is 0 Å². The van der Waals surface area contributed by atoms with Crippen LogP contribution >= 0.6 is 12.6 Å². The van der Waals surface area contributed by atoms with Gasteiger partial charge in [-0.25, -0.2) is 0 Å². The van der Waals surface area contributed by atoms with Crippen LogP contribution in [0.25, 0.3) is 0 Å². The number of rotatable bonds is 3. The topological polar surface area (TPSA) is 3.24 Å². The molecular weight excluding hydrogens is 202 g/mol. The van der Waals surface area contributed by atoms with Crippen LogP contribution in [-0.4, -0.2) is 30.8 Å². The molecule has 1 fully saturated rings. The summed E-state index contributed by atoms with van der Waals surface area (Å²) < 4.78 is 0. The van der Waals surface area contributed by atoms with Crippen molar-refractivity contribution in [3.8, 4) is 0 Å². The molecule has 2 rings (SSSR count). The summed E-state index contributed by atoms with van der Waals surface area (Å²) in [6.45, 7) is 2.45. The third kappa shape index (κ3) is 2.76. The molecule has 0 aliphatic carbocycles. The second kappa shape index (κ2) is 5.04. The molecule has 2 heteroatoms. The maximum atomic E-state index is 4.28. The van der Waals surface area contributed by atoms with Crippen LogP contribution in [0.1, 0.15) is 23.5 Å². The lowest BCUT2D eigenvalue weighted by Crippen LogP contribution is -2.13. The lowest BCUT2D eigenvalue weighted by Gasteiger charge is -2.12. The first-order valence-corrected chi connectivity index (χ1v) is 6.31. The molecule has 1 aliphatic rings. The van der Waals surface area contributed by atoms with Crippen LogP contribution in [0, 0.1) is 0 Å². The second-order valence-corrected chi connectivity index (χ2v) is 4.91. The normalized spacial score (nSPS) is 22.1. The van der Waals surface area contributed by atoms with Crippen molar-refractivity contribution >= 4 is 12.6 Å². The van der Waals surface area contributed by atoms with Crippen LogP contribution in [0.15, 0.2) is 24.3 Å². The van der Waals surface area contributed by atoms with E-state index in [2.05, 4.69) is 48.8 Å². The zero-order valence-corrected chi connectivity index (χ0v) is 10.2. The molecular formula is C13H19NS. The largest absolute Gasteiger partial charge is 0.306 e. The third-order valence-corrected chi connectivity index (χ3v) is 3.44. The van der Waals surface area contributed by atoms with Gasteiger partial charge in [0.1, 0.15) is 0 Å². The Morgan fingerprint density at radius 2 is 2.33 bits per heavy atom. The van der Waals surface area contributed by atoms with Crippen LogP contribution < -0.4 is 0 Å². The highest BCUT2D eigenvalue weighted by molar-refractivity contribution is 7.80. The van der Waals surface area contributed by atoms with Gasteiger partial charge in [0.25, 0.3) is 0 Å². The third-order valence-electron chi connectivity index (χ3n) is 3.21. The lowest BCUT2D eigenvalue weighted by molar-refractivity contribution is 0.411. The van der Waals surface area contributed by atoms with E-state index in [0.717, 1.165) is 18.1 Å². The maximum Gasteiger partial charge on any atom is 0.00477 e. The predicted molar refractivity (Wildman–Crippen MR) is 68.9 cm³/mol. The molecule has 0 bridgehead atoms. The van der Waals surface area contributed by atoms with Gasteiger partial charge in [-0.2, -0.15) is 12.6 Å². The highest BCUT2D eigenvalue weighted by Gasteiger charge is 2.20. The van der Waals surface area contributed by atoms with Gasteiger partial charge in [-0.3, -0.25) is 0 Å². The fraction of sp³-hybridized carbons (Fsp3) is 0.538. The van der Waals surface area contributed by atoms with Gasteiger partial charge >= 0.3 is 0 Å². The summed E-state index contributed by atoms with van der Waals surface area (Å²) in [6, 6.07) is 9.02. The number of thiol groups is 1. The van der Waals surface area contributed by atoms with Crippen LogP contribution in [0.4, 0.5) is 0 Å². The van der Waals surface area contributed by atoms with Gasteiger partial charge in [-0.05, 0) is 49.2 Å². The van der Waals surface area contributed by atoms with Crippen molar-refractivity contribution in [2.75, 3.05) is 25.9 Å². The zero-order valence-electron chi connectivity index (χ0n) is 9.32. The number of benzene rings is 1. The molecule has 1 unspecified atom stereocenters. The first-order chi connectivity index (χ1) is 7.29. The summed E-state index contributed by atoms with van der Waals surface area (Å²) in [7, 11) is 2.21. The molecule has 1 nitrogen and oxygen atoms in total. The van der Waals surface area contributed by atoms with E-state index in [1.54, 1.807) is 0 Å². The molecule has 15 heavy (non-hydrogen) atoms. The van der Waals surface area contributed by atoms with Gasteiger partial charge in [0.2, 0.25) is 0 Å². The van der Waals surface area contributed by atoms with Gasteiger partial charge in [0, 0.05) is 6.54 Å². The fourth-order valence-electron chi connectivity index (χ4n) is 2.34. The molecule has 0 saturated carbocycles. The van der Waals surface area contributed by atoms with Crippen molar-refractivity contribution in [3.63, 3.8) is 0 Å². The zero-order chi connectivity index (χ0) is 10.7. The fourth-order valence-corrected chi connectivity index (χ4v) is 2.60. The minimum Gasteiger partial charge on any atom is -0.306 e. The standard InChI is InChI=1S/C13H19NS/c1-14-7-5-13(10-14)12-4-2-3-11(9-12)6-8-15/h2-4,9,13,15H,5-8,10H2,1H3. The Bertz CT molecular complexity index is 324. The summed E-state index contributed by atoms with van der Waals surface area (Å²) in [4.78, 5) is 2.41. The van der Waals surface area contributed by atoms with E-state index in [1.807, 2.05) is 0 Å². The number of hydrogen-bond acceptors (Lipinski definition) is 2. The summed E-state index contributed by atoms with van der Waals surface area (Å²) in [5.41, 5.74) is 2.94. The van der Waals surface area contributed by atoms with Gasteiger partial charge in [-0.1, -0.05) is 24.3 Å². The molecule has 1 aromatic carbocycles. The van der Waals surface area contributed by atoms with E-state index in [1.165, 1.54) is 30.6 Å². The Morgan fingerprint density at radius 1 is 1.47 bits per heavy atom. The maximum absolute atomic E-state index is 4.28. The lowest BCUT2D eigenvalue weighted by atomic mass is 9.96. The highest BCUT2D eigenvalue weighted by atomic mass is 32.1. The molecule has 1 atom stereocenters. The second-order valence-electron chi connectivity index (χ2n) is 4.47. The van der Waals surface area contributed by atoms with Gasteiger partial charge in [0.15, 0.2) is 0 Å². The van der Waals surface area contributed by atoms with Gasteiger partial charge in [0.05, 0.1) is 0 Å². The van der Waals surface area contributed by atoms with E-state index in [4.69, 9.17) is 0 Å². The van der Waals surface area contributed by atoms with Crippen LogP contribution in [0.5, 0.6) is 0 Å². The molecule has 1 heterocycles. The Kier molecular flexibility index (Phi) is 3.71. The monoisotopic (exact) mass is 221 g/mol. The summed E-state index contributed by atoms with van der Waals surface area (Å²) >= 11 is 4.28. The van der Waals surface area contributed by atoms with E-state index < -0.39 is 0 Å². The van der Waals surface area contributed by atoms with E-state index >= 15 is 0 Å². The number of likely N-dealkylation sites (N-methyl/N-ethyl adjacent to an activating group) is 1. The average molecular weight is 221 g/mol. The number of nitrogens with zero attached hydrogens (tertiary/aromatic N) is 1. The molecule has 0 aromatic heterocycles. The summed E-state index contributed by atoms with van der Waals surface area (Å²) in [5.74, 6) is 1.68. The van der Waals surface area contributed by atoms with E-state index in [0.29, 0.717) is 0 Å². The number of aryl methyl sites for hydroxylation is 1. The quantitative estimate of drug-likeness (QED) is 0.768. The van der Waals surface area contributed by atoms with Crippen molar-refractivity contribution < 1.29 is 0 Å². The molecule has 0 amide bonds. The Hall–Kier alpha value is -0.470. The van der Waals surface area contributed by atoms with Crippen molar-refractivity contribution in [2.24, 2.45) is 0 Å². The molecule has 0 spiro atoms. The van der Waals surface area contributed by atoms with Crippen molar-refractivity contribution in [1.82, 2.24) is 4.90 Å².